The van der Waals surface area contributed by atoms with Gasteiger partial charge in [-0.25, -0.2) is 4.79 Å². The van der Waals surface area contributed by atoms with Crippen LogP contribution in [0.3, 0.4) is 0 Å². The highest BCUT2D eigenvalue weighted by Crippen LogP contribution is 2.31. The number of fused-ring (bicyclic) bond motifs is 2. The number of carbonyl (C=O) groups is 1. The van der Waals surface area contributed by atoms with Crippen LogP contribution >= 0.6 is 0 Å². The number of aryl methyl sites for hydroxylation is 3. The highest BCUT2D eigenvalue weighted by atomic mass is 16.4. The van der Waals surface area contributed by atoms with E-state index in [2.05, 4.69) is 0 Å². The Morgan fingerprint density at radius 1 is 1.15 bits per heavy atom. The zero-order chi connectivity index (χ0) is 14.3. The Labute approximate surface area is 118 Å². The van der Waals surface area contributed by atoms with Crippen molar-refractivity contribution in [3.05, 3.63) is 40.1 Å². The second-order valence-electron chi connectivity index (χ2n) is 5.75. The number of aromatic carboxylic acids is 1. The molecule has 0 atom stereocenters. The molecule has 0 radical (unpaired) electrons. The smallest absolute Gasteiger partial charge is 0.336 e. The van der Waals surface area contributed by atoms with E-state index in [0.717, 1.165) is 65.4 Å². The number of rotatable bonds is 1. The fourth-order valence-corrected chi connectivity index (χ4v) is 3.35. The molecule has 1 aliphatic rings. The number of hydrogen-bond donors (Lipinski definition) is 1. The van der Waals surface area contributed by atoms with Crippen LogP contribution in [0.5, 0.6) is 0 Å². The molecule has 0 amide bonds. The third-order valence-corrected chi connectivity index (χ3v) is 4.17. The van der Waals surface area contributed by atoms with E-state index in [1.54, 1.807) is 0 Å². The molecular weight excluding hydrogens is 250 g/mol. The lowest BCUT2D eigenvalue weighted by Gasteiger charge is -2.14. The highest BCUT2D eigenvalue weighted by Gasteiger charge is 2.22. The van der Waals surface area contributed by atoms with Crippen LogP contribution < -0.4 is 0 Å². The van der Waals surface area contributed by atoms with Gasteiger partial charge in [-0.1, -0.05) is 12.5 Å². The monoisotopic (exact) mass is 269 g/mol. The minimum absolute atomic E-state index is 0.490. The molecule has 2 aromatic rings. The van der Waals surface area contributed by atoms with Crippen molar-refractivity contribution in [2.45, 2.75) is 46.0 Å². The number of carboxylic acids is 1. The van der Waals surface area contributed by atoms with E-state index >= 15 is 0 Å². The molecule has 0 saturated carbocycles. The standard InChI is InChI=1S/C17H19NO2/c1-10-8-11(2)15-14(9-10)18-13-7-5-3-4-6-12(13)16(15)17(19)20/h8-9H,3-7H2,1-2H3,(H,19,20). The Morgan fingerprint density at radius 2 is 1.90 bits per heavy atom. The van der Waals surface area contributed by atoms with E-state index in [4.69, 9.17) is 4.98 Å². The lowest BCUT2D eigenvalue weighted by atomic mass is 9.94. The van der Waals surface area contributed by atoms with Crippen LogP contribution in [0, 0.1) is 13.8 Å². The number of benzene rings is 1. The molecule has 3 rings (SSSR count). The third kappa shape index (κ3) is 2.07. The Morgan fingerprint density at radius 3 is 2.65 bits per heavy atom. The average Bonchev–Trinajstić information content (AvgIpc) is 2.60. The molecule has 0 aliphatic heterocycles. The summed E-state index contributed by atoms with van der Waals surface area (Å²) in [5.74, 6) is -0.817. The van der Waals surface area contributed by atoms with Crippen LogP contribution in [-0.2, 0) is 12.8 Å². The molecule has 3 heteroatoms. The van der Waals surface area contributed by atoms with Crippen molar-refractivity contribution in [1.29, 1.82) is 0 Å². The summed E-state index contributed by atoms with van der Waals surface area (Å²) in [4.78, 5) is 16.6. The van der Waals surface area contributed by atoms with Gasteiger partial charge in [0.05, 0.1) is 11.1 Å². The first-order chi connectivity index (χ1) is 9.58. The maximum absolute atomic E-state index is 11.8. The summed E-state index contributed by atoms with van der Waals surface area (Å²) in [6.45, 7) is 4.01. The van der Waals surface area contributed by atoms with Crippen LogP contribution in [-0.4, -0.2) is 16.1 Å². The fraction of sp³-hybridized carbons (Fsp3) is 0.412. The van der Waals surface area contributed by atoms with Crippen molar-refractivity contribution in [3.63, 3.8) is 0 Å². The van der Waals surface area contributed by atoms with E-state index < -0.39 is 5.97 Å². The lowest BCUT2D eigenvalue weighted by molar-refractivity contribution is 0.0697. The predicted octanol–water partition coefficient (Wildman–Crippen LogP) is 3.82. The maximum Gasteiger partial charge on any atom is 0.336 e. The van der Waals surface area contributed by atoms with Crippen molar-refractivity contribution in [1.82, 2.24) is 4.98 Å². The molecule has 0 bridgehead atoms. The van der Waals surface area contributed by atoms with Crippen molar-refractivity contribution in [2.24, 2.45) is 0 Å². The molecule has 1 heterocycles. The lowest BCUT2D eigenvalue weighted by Crippen LogP contribution is -2.09. The summed E-state index contributed by atoms with van der Waals surface area (Å²) in [7, 11) is 0. The summed E-state index contributed by atoms with van der Waals surface area (Å²) in [5.41, 5.74) is 5.43. The summed E-state index contributed by atoms with van der Waals surface area (Å²) in [5, 5.41) is 10.5. The van der Waals surface area contributed by atoms with Crippen LogP contribution in [0.15, 0.2) is 12.1 Å². The molecular formula is C17H19NO2. The molecule has 104 valence electrons. The minimum Gasteiger partial charge on any atom is -0.478 e. The number of nitrogens with zero attached hydrogens (tertiary/aromatic N) is 1. The van der Waals surface area contributed by atoms with E-state index in [-0.39, 0.29) is 0 Å². The predicted molar refractivity (Wildman–Crippen MR) is 79.4 cm³/mol. The number of hydrogen-bond acceptors (Lipinski definition) is 2. The quantitative estimate of drug-likeness (QED) is 0.801. The van der Waals surface area contributed by atoms with Gasteiger partial charge in [-0.05, 0) is 62.3 Å². The Hall–Kier alpha value is -1.90. The van der Waals surface area contributed by atoms with Crippen LogP contribution in [0.25, 0.3) is 10.9 Å². The van der Waals surface area contributed by atoms with Crippen molar-refractivity contribution in [2.75, 3.05) is 0 Å². The molecule has 1 aromatic carbocycles. The number of aromatic nitrogens is 1. The molecule has 1 aliphatic carbocycles. The zero-order valence-electron chi connectivity index (χ0n) is 12.0. The molecule has 0 fully saturated rings. The van der Waals surface area contributed by atoms with E-state index in [9.17, 15) is 9.90 Å². The number of pyridine rings is 1. The molecule has 0 saturated heterocycles. The van der Waals surface area contributed by atoms with Gasteiger partial charge >= 0.3 is 5.97 Å². The molecule has 3 nitrogen and oxygen atoms in total. The average molecular weight is 269 g/mol. The van der Waals surface area contributed by atoms with Gasteiger partial charge in [-0.3, -0.25) is 4.98 Å². The van der Waals surface area contributed by atoms with E-state index in [0.29, 0.717) is 5.56 Å². The van der Waals surface area contributed by atoms with Crippen molar-refractivity contribution >= 4 is 16.9 Å². The van der Waals surface area contributed by atoms with Crippen LogP contribution in [0.4, 0.5) is 0 Å². The fourth-order valence-electron chi connectivity index (χ4n) is 3.35. The first-order valence-electron chi connectivity index (χ1n) is 7.24. The van der Waals surface area contributed by atoms with Crippen LogP contribution in [0.2, 0.25) is 0 Å². The van der Waals surface area contributed by atoms with Gasteiger partial charge in [0.1, 0.15) is 0 Å². The zero-order valence-corrected chi connectivity index (χ0v) is 12.0. The summed E-state index contributed by atoms with van der Waals surface area (Å²) in [6.07, 6.45) is 5.07. The van der Waals surface area contributed by atoms with Gasteiger partial charge in [-0.15, -0.1) is 0 Å². The molecule has 1 aromatic heterocycles. The summed E-state index contributed by atoms with van der Waals surface area (Å²) >= 11 is 0. The van der Waals surface area contributed by atoms with E-state index in [1.165, 1.54) is 0 Å². The van der Waals surface area contributed by atoms with Crippen molar-refractivity contribution in [3.8, 4) is 0 Å². The third-order valence-electron chi connectivity index (χ3n) is 4.17. The van der Waals surface area contributed by atoms with Gasteiger partial charge in [-0.2, -0.15) is 0 Å². The highest BCUT2D eigenvalue weighted by molar-refractivity contribution is 6.05. The van der Waals surface area contributed by atoms with Gasteiger partial charge in [0.15, 0.2) is 0 Å². The molecule has 20 heavy (non-hydrogen) atoms. The minimum atomic E-state index is -0.817. The van der Waals surface area contributed by atoms with Gasteiger partial charge in [0, 0.05) is 11.1 Å². The largest absolute Gasteiger partial charge is 0.478 e. The van der Waals surface area contributed by atoms with E-state index in [1.807, 2.05) is 26.0 Å². The second-order valence-corrected chi connectivity index (χ2v) is 5.75. The van der Waals surface area contributed by atoms with Crippen molar-refractivity contribution < 1.29 is 9.90 Å². The maximum atomic E-state index is 11.8. The number of carboxylic acid groups (broad SMARTS) is 1. The molecule has 0 unspecified atom stereocenters. The SMILES string of the molecule is Cc1cc(C)c2c(C(=O)O)c3c(nc2c1)CCCCC3. The summed E-state index contributed by atoms with van der Waals surface area (Å²) in [6, 6.07) is 4.04. The van der Waals surface area contributed by atoms with Gasteiger partial charge < -0.3 is 5.11 Å². The first-order valence-corrected chi connectivity index (χ1v) is 7.24. The normalized spacial score (nSPS) is 14.9. The molecule has 1 N–H and O–H groups in total. The van der Waals surface area contributed by atoms with Gasteiger partial charge in [0.2, 0.25) is 0 Å². The molecule has 0 spiro atoms. The first kappa shape index (κ1) is 13.1. The topological polar surface area (TPSA) is 50.2 Å². The summed E-state index contributed by atoms with van der Waals surface area (Å²) < 4.78 is 0. The van der Waals surface area contributed by atoms with Crippen LogP contribution in [0.1, 0.15) is 52.0 Å². The Bertz CT molecular complexity index is 704. The van der Waals surface area contributed by atoms with Gasteiger partial charge in [0.25, 0.3) is 0 Å². The second kappa shape index (κ2) is 4.89. The Balaban J connectivity index is 2.42. The Kier molecular flexibility index (Phi) is 3.20.